The first kappa shape index (κ1) is 15.6. The van der Waals surface area contributed by atoms with E-state index < -0.39 is 0 Å². The van der Waals surface area contributed by atoms with Crippen LogP contribution in [0.15, 0.2) is 30.5 Å². The van der Waals surface area contributed by atoms with Crippen LogP contribution in [0.2, 0.25) is 0 Å². The standard InChI is InChI=1S/C19H19N5O/c1-13-22-17-11-21-16-7-3-2-6-15(16)19(17)24(13)14-5-4-10-23(12-14)18(25)8-9-20/h2-3,6-7,11,14H,4-5,8,10,12H2,1H3/t14-/m1/s1. The van der Waals surface area contributed by atoms with E-state index in [4.69, 9.17) is 5.26 Å². The van der Waals surface area contributed by atoms with Crippen molar-refractivity contribution in [3.05, 3.63) is 36.3 Å². The molecule has 4 rings (SSSR count). The minimum absolute atomic E-state index is 0.0524. The first-order valence-corrected chi connectivity index (χ1v) is 8.56. The summed E-state index contributed by atoms with van der Waals surface area (Å²) in [6.45, 7) is 3.36. The molecule has 25 heavy (non-hydrogen) atoms. The number of pyridine rings is 1. The molecule has 0 bridgehead atoms. The van der Waals surface area contributed by atoms with Crippen LogP contribution in [0.3, 0.4) is 0 Å². The van der Waals surface area contributed by atoms with Crippen molar-refractivity contribution in [2.45, 2.75) is 32.2 Å². The minimum atomic E-state index is -0.0826. The number of piperidine rings is 1. The van der Waals surface area contributed by atoms with Gasteiger partial charge in [-0.15, -0.1) is 0 Å². The van der Waals surface area contributed by atoms with E-state index in [9.17, 15) is 4.79 Å². The Bertz CT molecular complexity index is 1000. The highest BCUT2D eigenvalue weighted by molar-refractivity contribution is 6.02. The summed E-state index contributed by atoms with van der Waals surface area (Å²) in [6.07, 6.45) is 3.70. The molecule has 0 spiro atoms. The van der Waals surface area contributed by atoms with Crippen molar-refractivity contribution in [1.82, 2.24) is 19.4 Å². The highest BCUT2D eigenvalue weighted by Gasteiger charge is 2.27. The SMILES string of the molecule is Cc1nc2cnc3ccccc3c2n1[C@@H]1CCCN(C(=O)CC#N)C1. The van der Waals surface area contributed by atoms with E-state index in [0.29, 0.717) is 6.54 Å². The van der Waals surface area contributed by atoms with Gasteiger partial charge in [0.1, 0.15) is 17.8 Å². The molecule has 2 aromatic heterocycles. The summed E-state index contributed by atoms with van der Waals surface area (Å²) in [6, 6.07) is 10.2. The molecule has 1 fully saturated rings. The zero-order chi connectivity index (χ0) is 17.4. The number of aromatic nitrogens is 3. The fourth-order valence-corrected chi connectivity index (χ4v) is 3.86. The third kappa shape index (κ3) is 2.62. The first-order chi connectivity index (χ1) is 12.2. The van der Waals surface area contributed by atoms with Gasteiger partial charge in [-0.25, -0.2) is 4.98 Å². The average molecular weight is 333 g/mol. The van der Waals surface area contributed by atoms with Crippen molar-refractivity contribution in [2.75, 3.05) is 13.1 Å². The zero-order valence-electron chi connectivity index (χ0n) is 14.1. The summed E-state index contributed by atoms with van der Waals surface area (Å²) in [5.74, 6) is 0.855. The van der Waals surface area contributed by atoms with Gasteiger partial charge in [-0.1, -0.05) is 18.2 Å². The van der Waals surface area contributed by atoms with E-state index in [1.54, 1.807) is 0 Å². The molecule has 6 nitrogen and oxygen atoms in total. The van der Waals surface area contributed by atoms with Gasteiger partial charge in [0, 0.05) is 18.5 Å². The number of carbonyl (C=O) groups is 1. The van der Waals surface area contributed by atoms with Crippen LogP contribution in [0.25, 0.3) is 21.9 Å². The summed E-state index contributed by atoms with van der Waals surface area (Å²) in [7, 11) is 0. The van der Waals surface area contributed by atoms with Crippen molar-refractivity contribution in [1.29, 1.82) is 5.26 Å². The lowest BCUT2D eigenvalue weighted by atomic mass is 10.0. The summed E-state index contributed by atoms with van der Waals surface area (Å²) in [4.78, 5) is 23.1. The first-order valence-electron chi connectivity index (χ1n) is 8.56. The number of benzene rings is 1. The van der Waals surface area contributed by atoms with Gasteiger partial charge < -0.3 is 9.47 Å². The lowest BCUT2D eigenvalue weighted by molar-refractivity contribution is -0.131. The van der Waals surface area contributed by atoms with Gasteiger partial charge >= 0.3 is 0 Å². The number of aryl methyl sites for hydroxylation is 1. The van der Waals surface area contributed by atoms with Gasteiger partial charge in [-0.2, -0.15) is 5.26 Å². The Morgan fingerprint density at radius 2 is 2.20 bits per heavy atom. The smallest absolute Gasteiger partial charge is 0.236 e. The number of carbonyl (C=O) groups excluding carboxylic acids is 1. The average Bonchev–Trinajstić information content (AvgIpc) is 2.98. The van der Waals surface area contributed by atoms with Gasteiger partial charge in [0.2, 0.25) is 5.91 Å². The lowest BCUT2D eigenvalue weighted by Crippen LogP contribution is -2.40. The Morgan fingerprint density at radius 1 is 1.36 bits per heavy atom. The van der Waals surface area contributed by atoms with Crippen LogP contribution in [0.5, 0.6) is 0 Å². The van der Waals surface area contributed by atoms with Crippen LogP contribution in [0, 0.1) is 18.3 Å². The van der Waals surface area contributed by atoms with Gasteiger partial charge in [0.15, 0.2) is 0 Å². The molecular formula is C19H19N5O. The number of rotatable bonds is 2. The molecular weight excluding hydrogens is 314 g/mol. The number of hydrogen-bond donors (Lipinski definition) is 0. The molecule has 0 radical (unpaired) electrons. The van der Waals surface area contributed by atoms with Crippen molar-refractivity contribution >= 4 is 27.8 Å². The molecule has 3 aromatic rings. The van der Waals surface area contributed by atoms with Crippen molar-refractivity contribution in [3.8, 4) is 6.07 Å². The summed E-state index contributed by atoms with van der Waals surface area (Å²) < 4.78 is 2.26. The third-order valence-corrected chi connectivity index (χ3v) is 4.94. The Labute approximate surface area is 145 Å². The molecule has 1 aliphatic rings. The molecule has 0 N–H and O–H groups in total. The van der Waals surface area contributed by atoms with E-state index in [1.165, 1.54) is 0 Å². The molecule has 0 unspecified atom stereocenters. The fraction of sp³-hybridized carbons (Fsp3) is 0.368. The maximum absolute atomic E-state index is 12.1. The monoisotopic (exact) mass is 333 g/mol. The minimum Gasteiger partial charge on any atom is -0.340 e. The van der Waals surface area contributed by atoms with Gasteiger partial charge in [-0.3, -0.25) is 9.78 Å². The highest BCUT2D eigenvalue weighted by Crippen LogP contribution is 2.31. The number of likely N-dealkylation sites (tertiary alicyclic amines) is 1. The molecule has 1 amide bonds. The van der Waals surface area contributed by atoms with Crippen molar-refractivity contribution < 1.29 is 4.79 Å². The van der Waals surface area contributed by atoms with E-state index in [0.717, 1.165) is 47.1 Å². The number of imidazole rings is 1. The van der Waals surface area contributed by atoms with Crippen LogP contribution < -0.4 is 0 Å². The summed E-state index contributed by atoms with van der Waals surface area (Å²) >= 11 is 0. The van der Waals surface area contributed by atoms with Gasteiger partial charge in [0.05, 0.1) is 29.3 Å². The number of nitriles is 1. The predicted molar refractivity (Wildman–Crippen MR) is 94.9 cm³/mol. The van der Waals surface area contributed by atoms with E-state index in [1.807, 2.05) is 42.3 Å². The van der Waals surface area contributed by atoms with Crippen LogP contribution in [0.4, 0.5) is 0 Å². The Morgan fingerprint density at radius 3 is 3.04 bits per heavy atom. The third-order valence-electron chi connectivity index (χ3n) is 4.94. The lowest BCUT2D eigenvalue weighted by Gasteiger charge is -2.34. The normalized spacial score (nSPS) is 17.8. The summed E-state index contributed by atoms with van der Waals surface area (Å²) in [5, 5.41) is 9.89. The molecule has 0 aliphatic carbocycles. The molecule has 126 valence electrons. The number of para-hydroxylation sites is 1. The van der Waals surface area contributed by atoms with Crippen LogP contribution in [-0.4, -0.2) is 38.4 Å². The quantitative estimate of drug-likeness (QED) is 0.722. The summed E-state index contributed by atoms with van der Waals surface area (Å²) in [5.41, 5.74) is 2.92. The molecule has 1 atom stereocenters. The number of fused-ring (bicyclic) bond motifs is 3. The second kappa shape index (κ2) is 6.17. The highest BCUT2D eigenvalue weighted by atomic mass is 16.2. The van der Waals surface area contributed by atoms with Gasteiger partial charge in [-0.05, 0) is 25.8 Å². The second-order valence-electron chi connectivity index (χ2n) is 6.51. The maximum Gasteiger partial charge on any atom is 0.236 e. The van der Waals surface area contributed by atoms with Crippen LogP contribution >= 0.6 is 0 Å². The Balaban J connectivity index is 1.81. The molecule has 1 aliphatic heterocycles. The fourth-order valence-electron chi connectivity index (χ4n) is 3.86. The Hall–Kier alpha value is -2.94. The van der Waals surface area contributed by atoms with E-state index in [-0.39, 0.29) is 18.4 Å². The molecule has 0 saturated carbocycles. The van der Waals surface area contributed by atoms with E-state index in [2.05, 4.69) is 20.6 Å². The van der Waals surface area contributed by atoms with Gasteiger partial charge in [0.25, 0.3) is 0 Å². The number of nitrogens with zero attached hydrogens (tertiary/aromatic N) is 5. The predicted octanol–water partition coefficient (Wildman–Crippen LogP) is 2.97. The maximum atomic E-state index is 12.1. The Kier molecular flexibility index (Phi) is 3.85. The molecule has 1 saturated heterocycles. The van der Waals surface area contributed by atoms with E-state index >= 15 is 0 Å². The van der Waals surface area contributed by atoms with Crippen molar-refractivity contribution in [2.24, 2.45) is 0 Å². The van der Waals surface area contributed by atoms with Crippen LogP contribution in [-0.2, 0) is 4.79 Å². The van der Waals surface area contributed by atoms with Crippen molar-refractivity contribution in [3.63, 3.8) is 0 Å². The molecule has 6 heteroatoms. The zero-order valence-corrected chi connectivity index (χ0v) is 14.1. The molecule has 3 heterocycles. The van der Waals surface area contributed by atoms with Crippen LogP contribution in [0.1, 0.15) is 31.1 Å². The number of hydrogen-bond acceptors (Lipinski definition) is 4. The largest absolute Gasteiger partial charge is 0.340 e. The second-order valence-corrected chi connectivity index (χ2v) is 6.51. The molecule has 1 aromatic carbocycles. The topological polar surface area (TPSA) is 74.8 Å². The number of amides is 1.